The highest BCUT2D eigenvalue weighted by Crippen LogP contribution is 2.18. The molecule has 0 radical (unpaired) electrons. The summed E-state index contributed by atoms with van der Waals surface area (Å²) in [7, 11) is 0. The predicted molar refractivity (Wildman–Crippen MR) is 88.7 cm³/mol. The topological polar surface area (TPSA) is 114 Å². The van der Waals surface area contributed by atoms with E-state index in [1.807, 2.05) is 6.07 Å². The van der Waals surface area contributed by atoms with Crippen LogP contribution in [0.15, 0.2) is 36.9 Å². The first-order valence-corrected chi connectivity index (χ1v) is 7.31. The van der Waals surface area contributed by atoms with Gasteiger partial charge < -0.3 is 16.2 Å². The molecule has 0 aromatic carbocycles. The van der Waals surface area contributed by atoms with Crippen molar-refractivity contribution in [3.05, 3.63) is 42.5 Å². The lowest BCUT2D eigenvalue weighted by atomic mass is 10.1. The Kier molecular flexibility index (Phi) is 6.19. The molecule has 0 saturated carbocycles. The Hall–Kier alpha value is -2.80. The summed E-state index contributed by atoms with van der Waals surface area (Å²) in [6, 6.07) is 1.81. The number of hydrogen-bond donors (Lipinski definition) is 3. The molecule has 0 aliphatic heterocycles. The predicted octanol–water partition coefficient (Wildman–Crippen LogP) is 1.79. The third-order valence-corrected chi connectivity index (χ3v) is 3.05. The molecule has 23 heavy (non-hydrogen) atoms. The zero-order valence-corrected chi connectivity index (χ0v) is 12.6. The average molecular weight is 313 g/mol. The van der Waals surface area contributed by atoms with E-state index in [9.17, 15) is 4.79 Å². The smallest absolute Gasteiger partial charge is 0.328 e. The van der Waals surface area contributed by atoms with Gasteiger partial charge in [0.15, 0.2) is 0 Å². The molecule has 2 heterocycles. The number of rotatable bonds is 8. The van der Waals surface area contributed by atoms with Gasteiger partial charge in [0.1, 0.15) is 5.82 Å². The maximum atomic E-state index is 10.6. The number of nitrogens with one attached hydrogen (secondary N) is 1. The molecule has 0 amide bonds. The number of hydrogen-bond acceptors (Lipinski definition) is 6. The second-order valence-corrected chi connectivity index (χ2v) is 4.89. The van der Waals surface area contributed by atoms with Crippen LogP contribution in [0.3, 0.4) is 0 Å². The van der Waals surface area contributed by atoms with Crippen LogP contribution >= 0.6 is 0 Å². The summed E-state index contributed by atoms with van der Waals surface area (Å²) in [5.41, 5.74) is 7.60. The Morgan fingerprint density at radius 3 is 2.83 bits per heavy atom. The fourth-order valence-electron chi connectivity index (χ4n) is 1.93. The molecular formula is C16H19N5O2. The molecule has 2 aromatic rings. The van der Waals surface area contributed by atoms with Crippen molar-refractivity contribution >= 4 is 17.9 Å². The SMILES string of the molecule is NCCCCNc1cncc(-c2cncc(C=CC(=O)O)c2)n1. The summed E-state index contributed by atoms with van der Waals surface area (Å²) < 4.78 is 0. The minimum atomic E-state index is -1.00. The maximum absolute atomic E-state index is 10.6. The van der Waals surface area contributed by atoms with Gasteiger partial charge in [0, 0.05) is 30.6 Å². The number of pyridine rings is 1. The number of aromatic nitrogens is 3. The molecule has 0 bridgehead atoms. The van der Waals surface area contributed by atoms with Gasteiger partial charge in [-0.15, -0.1) is 0 Å². The number of unbranched alkanes of at least 4 members (excludes halogenated alkanes) is 1. The second kappa shape index (κ2) is 8.60. The third-order valence-electron chi connectivity index (χ3n) is 3.05. The van der Waals surface area contributed by atoms with Crippen LogP contribution in [0.4, 0.5) is 5.82 Å². The average Bonchev–Trinajstić information content (AvgIpc) is 2.57. The van der Waals surface area contributed by atoms with Crippen molar-refractivity contribution in [2.45, 2.75) is 12.8 Å². The Morgan fingerprint density at radius 1 is 1.22 bits per heavy atom. The molecule has 0 saturated heterocycles. The molecule has 0 aliphatic carbocycles. The van der Waals surface area contributed by atoms with Crippen molar-refractivity contribution in [2.75, 3.05) is 18.4 Å². The Bertz CT molecular complexity index is 688. The van der Waals surface area contributed by atoms with E-state index in [0.29, 0.717) is 23.6 Å². The Morgan fingerprint density at radius 2 is 2.04 bits per heavy atom. The molecule has 0 aliphatic rings. The Labute approximate surface area is 134 Å². The van der Waals surface area contributed by atoms with Gasteiger partial charge in [-0.2, -0.15) is 0 Å². The van der Waals surface area contributed by atoms with E-state index in [4.69, 9.17) is 10.8 Å². The van der Waals surface area contributed by atoms with E-state index in [-0.39, 0.29) is 0 Å². The van der Waals surface area contributed by atoms with Gasteiger partial charge in [0.2, 0.25) is 0 Å². The highest BCUT2D eigenvalue weighted by molar-refractivity contribution is 5.85. The Balaban J connectivity index is 2.12. The number of carboxylic acids is 1. The molecule has 0 spiro atoms. The van der Waals surface area contributed by atoms with Gasteiger partial charge in [-0.25, -0.2) is 9.78 Å². The quantitative estimate of drug-likeness (QED) is 0.503. The van der Waals surface area contributed by atoms with Crippen LogP contribution in [0.2, 0.25) is 0 Å². The molecule has 4 N–H and O–H groups in total. The second-order valence-electron chi connectivity index (χ2n) is 4.89. The van der Waals surface area contributed by atoms with Crippen LogP contribution in [0, 0.1) is 0 Å². The minimum Gasteiger partial charge on any atom is -0.478 e. The van der Waals surface area contributed by atoms with Crippen molar-refractivity contribution in [1.82, 2.24) is 15.0 Å². The van der Waals surface area contributed by atoms with E-state index >= 15 is 0 Å². The summed E-state index contributed by atoms with van der Waals surface area (Å²) in [6.45, 7) is 1.46. The normalized spacial score (nSPS) is 10.8. The van der Waals surface area contributed by atoms with Gasteiger partial charge in [-0.05, 0) is 37.1 Å². The van der Waals surface area contributed by atoms with E-state index in [1.165, 1.54) is 6.08 Å². The van der Waals surface area contributed by atoms with Crippen molar-refractivity contribution in [1.29, 1.82) is 0 Å². The van der Waals surface area contributed by atoms with Crippen molar-refractivity contribution in [2.24, 2.45) is 5.73 Å². The van der Waals surface area contributed by atoms with Gasteiger partial charge in [-0.1, -0.05) is 0 Å². The first-order chi connectivity index (χ1) is 11.2. The summed E-state index contributed by atoms with van der Waals surface area (Å²) in [5, 5.41) is 11.9. The molecular weight excluding hydrogens is 294 g/mol. The van der Waals surface area contributed by atoms with Crippen LogP contribution in [0.5, 0.6) is 0 Å². The zero-order valence-electron chi connectivity index (χ0n) is 12.6. The number of carbonyl (C=O) groups is 1. The van der Waals surface area contributed by atoms with Crippen molar-refractivity contribution in [3.8, 4) is 11.3 Å². The summed E-state index contributed by atoms with van der Waals surface area (Å²) in [6.07, 6.45) is 11.1. The largest absolute Gasteiger partial charge is 0.478 e. The zero-order chi connectivity index (χ0) is 16.5. The van der Waals surface area contributed by atoms with Gasteiger partial charge in [0.25, 0.3) is 0 Å². The number of nitrogens with two attached hydrogens (primary N) is 1. The first kappa shape index (κ1) is 16.6. The fourth-order valence-corrected chi connectivity index (χ4v) is 1.93. The van der Waals surface area contributed by atoms with Gasteiger partial charge in [-0.3, -0.25) is 9.97 Å². The third kappa shape index (κ3) is 5.48. The highest BCUT2D eigenvalue weighted by Gasteiger charge is 2.03. The molecule has 7 heteroatoms. The van der Waals surface area contributed by atoms with Crippen LogP contribution in [0.1, 0.15) is 18.4 Å². The number of nitrogens with zero attached hydrogens (tertiary/aromatic N) is 3. The molecule has 120 valence electrons. The van der Waals surface area contributed by atoms with Crippen LogP contribution in [0.25, 0.3) is 17.3 Å². The van der Waals surface area contributed by atoms with Crippen LogP contribution < -0.4 is 11.1 Å². The van der Waals surface area contributed by atoms with E-state index in [1.54, 1.807) is 24.8 Å². The van der Waals surface area contributed by atoms with Crippen molar-refractivity contribution < 1.29 is 9.90 Å². The first-order valence-electron chi connectivity index (χ1n) is 7.31. The molecule has 2 rings (SSSR count). The van der Waals surface area contributed by atoms with Crippen LogP contribution in [-0.4, -0.2) is 39.1 Å². The van der Waals surface area contributed by atoms with Crippen LogP contribution in [-0.2, 0) is 4.79 Å². The summed E-state index contributed by atoms with van der Waals surface area (Å²) in [4.78, 5) is 23.3. The fraction of sp³-hybridized carbons (Fsp3) is 0.250. The van der Waals surface area contributed by atoms with E-state index in [0.717, 1.165) is 31.0 Å². The maximum Gasteiger partial charge on any atom is 0.328 e. The van der Waals surface area contributed by atoms with Gasteiger partial charge >= 0.3 is 5.97 Å². The number of aliphatic carboxylic acids is 1. The minimum absolute atomic E-state index is 0.673. The monoisotopic (exact) mass is 313 g/mol. The lowest BCUT2D eigenvalue weighted by molar-refractivity contribution is -0.131. The number of carboxylic acid groups (broad SMARTS) is 1. The summed E-state index contributed by atoms with van der Waals surface area (Å²) >= 11 is 0. The van der Waals surface area contributed by atoms with Crippen molar-refractivity contribution in [3.63, 3.8) is 0 Å². The lowest BCUT2D eigenvalue weighted by Crippen LogP contribution is -2.07. The van der Waals surface area contributed by atoms with E-state index in [2.05, 4.69) is 20.3 Å². The summed E-state index contributed by atoms with van der Waals surface area (Å²) in [5.74, 6) is -0.315. The molecule has 0 fully saturated rings. The lowest BCUT2D eigenvalue weighted by Gasteiger charge is -2.07. The molecule has 2 aromatic heterocycles. The highest BCUT2D eigenvalue weighted by atomic mass is 16.4. The van der Waals surface area contributed by atoms with E-state index < -0.39 is 5.97 Å². The number of anilines is 1. The molecule has 0 atom stereocenters. The molecule has 0 unspecified atom stereocenters. The molecule has 7 nitrogen and oxygen atoms in total. The van der Waals surface area contributed by atoms with Gasteiger partial charge in [0.05, 0.1) is 18.1 Å². The standard InChI is InChI=1S/C16H19N5O2/c17-5-1-2-6-20-15-11-19-10-14(21-15)13-7-12(8-18-9-13)3-4-16(22)23/h3-4,7-11H,1-2,5-6,17H2,(H,20,21)(H,22,23).